The number of benzene rings is 2. The molecule has 0 spiro atoms. The van der Waals surface area contributed by atoms with E-state index in [1.807, 2.05) is 49.4 Å². The maximum atomic E-state index is 12.8. The van der Waals surface area contributed by atoms with Gasteiger partial charge in [-0.2, -0.15) is 0 Å². The number of fused-ring (bicyclic) bond motifs is 3. The number of hydrogen-bond donors (Lipinski definition) is 0. The monoisotopic (exact) mass is 361 g/mol. The van der Waals surface area contributed by atoms with Crippen molar-refractivity contribution in [3.63, 3.8) is 0 Å². The van der Waals surface area contributed by atoms with Gasteiger partial charge in [-0.3, -0.25) is 9.69 Å². The van der Waals surface area contributed by atoms with E-state index >= 15 is 0 Å². The van der Waals surface area contributed by atoms with E-state index in [0.29, 0.717) is 29.8 Å². The zero-order chi connectivity index (χ0) is 18.4. The number of carbonyl (C=O) groups is 1. The van der Waals surface area contributed by atoms with E-state index in [2.05, 4.69) is 4.90 Å². The van der Waals surface area contributed by atoms with Gasteiger partial charge in [-0.1, -0.05) is 42.7 Å². The number of carbonyl (C=O) groups excluding carboxylic acids is 1. The van der Waals surface area contributed by atoms with Crippen molar-refractivity contribution in [1.82, 2.24) is 4.90 Å². The second kappa shape index (κ2) is 6.54. The van der Waals surface area contributed by atoms with Crippen molar-refractivity contribution >= 4 is 11.9 Å². The highest BCUT2D eigenvalue weighted by Gasteiger charge is 2.35. The summed E-state index contributed by atoms with van der Waals surface area (Å²) in [6.45, 7) is 3.46. The molecule has 1 saturated carbocycles. The lowest BCUT2D eigenvalue weighted by Gasteiger charge is -2.33. The average Bonchev–Trinajstić information content (AvgIpc) is 3.33. The smallest absolute Gasteiger partial charge is 0.231 e. The molecular formula is C23H23NO3. The zero-order valence-corrected chi connectivity index (χ0v) is 15.5. The molecule has 0 atom stereocenters. The molecule has 0 bridgehead atoms. The summed E-state index contributed by atoms with van der Waals surface area (Å²) >= 11 is 0. The standard InChI is InChI=1S/C23H23NO3/c1-15-6-8-16(9-7-15)12-21-22(25)18-10-11-20-19(23(18)27-21)13-24(14-26-20)17-4-2-3-5-17/h6-12,17H,2-5,13-14H2,1H3/b21-12-. The van der Waals surface area contributed by atoms with E-state index in [0.717, 1.165) is 23.4 Å². The molecule has 0 unspecified atom stereocenters. The van der Waals surface area contributed by atoms with Gasteiger partial charge in [0.1, 0.15) is 18.2 Å². The van der Waals surface area contributed by atoms with E-state index in [1.54, 1.807) is 0 Å². The first-order valence-corrected chi connectivity index (χ1v) is 9.73. The molecule has 1 fully saturated rings. The minimum atomic E-state index is -0.0497. The van der Waals surface area contributed by atoms with Crippen LogP contribution in [0, 0.1) is 6.92 Å². The fourth-order valence-corrected chi connectivity index (χ4v) is 4.29. The quantitative estimate of drug-likeness (QED) is 0.727. The van der Waals surface area contributed by atoms with E-state index in [4.69, 9.17) is 9.47 Å². The largest absolute Gasteiger partial charge is 0.478 e. The van der Waals surface area contributed by atoms with Crippen molar-refractivity contribution in [3.8, 4) is 11.5 Å². The Morgan fingerprint density at radius 2 is 1.85 bits per heavy atom. The molecule has 0 N–H and O–H groups in total. The molecule has 1 aliphatic carbocycles. The lowest BCUT2D eigenvalue weighted by molar-refractivity contribution is 0.0567. The van der Waals surface area contributed by atoms with Crippen LogP contribution in [0.3, 0.4) is 0 Å². The summed E-state index contributed by atoms with van der Waals surface area (Å²) in [6, 6.07) is 12.4. The van der Waals surface area contributed by atoms with Crippen LogP contribution in [0.25, 0.3) is 6.08 Å². The Morgan fingerprint density at radius 1 is 1.07 bits per heavy atom. The van der Waals surface area contributed by atoms with Crippen molar-refractivity contribution in [3.05, 3.63) is 64.4 Å². The summed E-state index contributed by atoms with van der Waals surface area (Å²) in [5, 5.41) is 0. The predicted octanol–water partition coefficient (Wildman–Crippen LogP) is 4.71. The third kappa shape index (κ3) is 2.94. The summed E-state index contributed by atoms with van der Waals surface area (Å²) in [6.07, 6.45) is 6.86. The van der Waals surface area contributed by atoms with Gasteiger partial charge in [-0.15, -0.1) is 0 Å². The average molecular weight is 361 g/mol. The van der Waals surface area contributed by atoms with Crippen LogP contribution in [0.4, 0.5) is 0 Å². The number of hydrogen-bond acceptors (Lipinski definition) is 4. The lowest BCUT2D eigenvalue weighted by Crippen LogP contribution is -2.39. The molecule has 2 aliphatic heterocycles. The van der Waals surface area contributed by atoms with Gasteiger partial charge in [0, 0.05) is 12.6 Å². The molecule has 2 heterocycles. The van der Waals surface area contributed by atoms with Gasteiger partial charge in [0.05, 0.1) is 11.1 Å². The summed E-state index contributed by atoms with van der Waals surface area (Å²) < 4.78 is 12.1. The molecule has 0 aromatic heterocycles. The molecule has 4 heteroatoms. The van der Waals surface area contributed by atoms with Crippen LogP contribution in [0.1, 0.15) is 52.7 Å². The molecule has 138 valence electrons. The van der Waals surface area contributed by atoms with Crippen molar-refractivity contribution in [2.45, 2.75) is 45.2 Å². The fraction of sp³-hybridized carbons (Fsp3) is 0.348. The third-order valence-corrected chi connectivity index (χ3v) is 5.86. The van der Waals surface area contributed by atoms with Gasteiger partial charge >= 0.3 is 0 Å². The van der Waals surface area contributed by atoms with Crippen LogP contribution >= 0.6 is 0 Å². The van der Waals surface area contributed by atoms with E-state index in [-0.39, 0.29) is 5.78 Å². The first-order valence-electron chi connectivity index (χ1n) is 9.73. The topological polar surface area (TPSA) is 38.8 Å². The van der Waals surface area contributed by atoms with Gasteiger partial charge in [0.25, 0.3) is 0 Å². The van der Waals surface area contributed by atoms with Gasteiger partial charge in [-0.05, 0) is 43.5 Å². The zero-order valence-electron chi connectivity index (χ0n) is 15.5. The van der Waals surface area contributed by atoms with Gasteiger partial charge in [0.15, 0.2) is 5.76 Å². The minimum absolute atomic E-state index is 0.0497. The number of nitrogens with zero attached hydrogens (tertiary/aromatic N) is 1. The van der Waals surface area contributed by atoms with E-state index < -0.39 is 0 Å². The molecule has 27 heavy (non-hydrogen) atoms. The molecule has 3 aliphatic rings. The summed E-state index contributed by atoms with van der Waals surface area (Å²) in [5.41, 5.74) is 3.81. The Morgan fingerprint density at radius 3 is 2.63 bits per heavy atom. The Kier molecular flexibility index (Phi) is 4.01. The molecule has 2 aromatic carbocycles. The highest BCUT2D eigenvalue weighted by atomic mass is 16.5. The molecule has 0 radical (unpaired) electrons. The van der Waals surface area contributed by atoms with Crippen molar-refractivity contribution in [1.29, 1.82) is 0 Å². The lowest BCUT2D eigenvalue weighted by atomic mass is 10.0. The van der Waals surface area contributed by atoms with Crippen LogP contribution < -0.4 is 9.47 Å². The SMILES string of the molecule is Cc1ccc(/C=C2\Oc3c(ccc4c3CN(C3CCCC3)CO4)C2=O)cc1. The van der Waals surface area contributed by atoms with E-state index in [9.17, 15) is 4.79 Å². The van der Waals surface area contributed by atoms with Crippen LogP contribution in [-0.2, 0) is 6.54 Å². The van der Waals surface area contributed by atoms with Crippen LogP contribution in [0.15, 0.2) is 42.2 Å². The maximum Gasteiger partial charge on any atom is 0.231 e. The Bertz CT molecular complexity index is 923. The summed E-state index contributed by atoms with van der Waals surface area (Å²) in [7, 11) is 0. The molecular weight excluding hydrogens is 338 g/mol. The normalized spacial score (nSPS) is 21.1. The number of ether oxygens (including phenoxy) is 2. The predicted molar refractivity (Wildman–Crippen MR) is 104 cm³/mol. The third-order valence-electron chi connectivity index (χ3n) is 5.86. The van der Waals surface area contributed by atoms with Crippen molar-refractivity contribution in [2.75, 3.05) is 6.73 Å². The van der Waals surface area contributed by atoms with Gasteiger partial charge in [0.2, 0.25) is 5.78 Å². The number of allylic oxidation sites excluding steroid dienone is 1. The molecule has 4 nitrogen and oxygen atoms in total. The highest BCUT2D eigenvalue weighted by molar-refractivity contribution is 6.15. The van der Waals surface area contributed by atoms with Crippen molar-refractivity contribution < 1.29 is 14.3 Å². The van der Waals surface area contributed by atoms with E-state index in [1.165, 1.54) is 31.2 Å². The number of ketones is 1. The fourth-order valence-electron chi connectivity index (χ4n) is 4.29. The Hall–Kier alpha value is -2.59. The van der Waals surface area contributed by atoms with Crippen LogP contribution in [0.5, 0.6) is 11.5 Å². The number of aryl methyl sites for hydroxylation is 1. The second-order valence-corrected chi connectivity index (χ2v) is 7.73. The minimum Gasteiger partial charge on any atom is -0.478 e. The summed E-state index contributed by atoms with van der Waals surface area (Å²) in [4.78, 5) is 15.2. The number of rotatable bonds is 2. The van der Waals surface area contributed by atoms with Crippen LogP contribution in [-0.4, -0.2) is 23.5 Å². The van der Waals surface area contributed by atoms with Crippen LogP contribution in [0.2, 0.25) is 0 Å². The Balaban J connectivity index is 1.46. The molecule has 2 aromatic rings. The second-order valence-electron chi connectivity index (χ2n) is 7.73. The summed E-state index contributed by atoms with van der Waals surface area (Å²) in [5.74, 6) is 1.86. The van der Waals surface area contributed by atoms with Gasteiger partial charge in [-0.25, -0.2) is 0 Å². The first-order chi connectivity index (χ1) is 13.2. The molecule has 0 amide bonds. The molecule has 5 rings (SSSR count). The Labute approximate surface area is 159 Å². The number of Topliss-reactive ketones (excluding diaryl/α,β-unsaturated/α-hetero) is 1. The molecule has 0 saturated heterocycles. The first kappa shape index (κ1) is 16.6. The van der Waals surface area contributed by atoms with Crippen molar-refractivity contribution in [2.24, 2.45) is 0 Å². The highest BCUT2D eigenvalue weighted by Crippen LogP contribution is 2.43. The van der Waals surface area contributed by atoms with Gasteiger partial charge < -0.3 is 9.47 Å². The maximum absolute atomic E-state index is 12.8.